The van der Waals surface area contributed by atoms with E-state index >= 15 is 0 Å². The van der Waals surface area contributed by atoms with Gasteiger partial charge >= 0.3 is 0 Å². The Morgan fingerprint density at radius 3 is 2.18 bits per heavy atom. The Kier molecular flexibility index (Phi) is 4.34. The van der Waals surface area contributed by atoms with Crippen molar-refractivity contribution in [1.82, 2.24) is 0 Å². The van der Waals surface area contributed by atoms with Gasteiger partial charge in [0.2, 0.25) is 0 Å². The van der Waals surface area contributed by atoms with Crippen molar-refractivity contribution >= 4 is 0 Å². The first-order valence-electron chi connectivity index (χ1n) is 5.49. The van der Waals surface area contributed by atoms with Crippen LogP contribution in [-0.2, 0) is 12.1 Å². The summed E-state index contributed by atoms with van der Waals surface area (Å²) in [5.74, 6) is 1.04. The maximum atomic E-state index is 14.0. The van der Waals surface area contributed by atoms with E-state index in [-0.39, 0.29) is 6.61 Å². The van der Waals surface area contributed by atoms with Gasteiger partial charge < -0.3 is 14.6 Å². The topological polar surface area (TPSA) is 38.7 Å². The van der Waals surface area contributed by atoms with Gasteiger partial charge in [-0.2, -0.15) is 0 Å². The number of halogens is 1. The van der Waals surface area contributed by atoms with Gasteiger partial charge in [-0.1, -0.05) is 0 Å². The van der Waals surface area contributed by atoms with Gasteiger partial charge in [-0.05, 0) is 32.4 Å². The lowest BCUT2D eigenvalue weighted by Crippen LogP contribution is -2.12. The van der Waals surface area contributed by atoms with E-state index in [1.165, 1.54) is 28.1 Å². The van der Waals surface area contributed by atoms with Gasteiger partial charge in [0.1, 0.15) is 17.2 Å². The molecule has 0 spiro atoms. The molecule has 0 aromatic heterocycles. The van der Waals surface area contributed by atoms with Crippen molar-refractivity contribution in [2.75, 3.05) is 20.8 Å². The Bertz CT molecular complexity index is 383. The number of methoxy groups -OCH3 is 2. The van der Waals surface area contributed by atoms with E-state index in [0.717, 1.165) is 5.56 Å². The van der Waals surface area contributed by atoms with Crippen LogP contribution >= 0.6 is 0 Å². The lowest BCUT2D eigenvalue weighted by atomic mass is 9.96. The van der Waals surface area contributed by atoms with E-state index in [1.807, 2.05) is 0 Å². The van der Waals surface area contributed by atoms with Gasteiger partial charge in [0.05, 0.1) is 14.2 Å². The third kappa shape index (κ3) is 3.09. The number of aliphatic hydroxyl groups is 1. The normalized spacial score (nSPS) is 11.4. The summed E-state index contributed by atoms with van der Waals surface area (Å²) in [5.41, 5.74) is -0.255. The fraction of sp³-hybridized carbons (Fsp3) is 0.538. The standard InChI is InChI=1S/C13H19FO3/c1-13(2,14)10-8-11(16-3)9(5-6-15)7-12(10)17-4/h7-8,15H,5-6H2,1-4H3. The molecule has 4 heteroatoms. The minimum absolute atomic E-state index is 0.0118. The first-order valence-corrected chi connectivity index (χ1v) is 5.49. The highest BCUT2D eigenvalue weighted by atomic mass is 19.1. The van der Waals surface area contributed by atoms with E-state index < -0.39 is 5.67 Å². The molecule has 1 aromatic carbocycles. The molecule has 0 saturated carbocycles. The fourth-order valence-electron chi connectivity index (χ4n) is 1.74. The third-order valence-corrected chi connectivity index (χ3v) is 2.62. The van der Waals surface area contributed by atoms with Gasteiger partial charge in [-0.3, -0.25) is 0 Å². The van der Waals surface area contributed by atoms with Crippen LogP contribution in [0.5, 0.6) is 11.5 Å². The molecule has 0 aliphatic rings. The van der Waals surface area contributed by atoms with Crippen LogP contribution in [0.2, 0.25) is 0 Å². The molecule has 1 aromatic rings. The van der Waals surface area contributed by atoms with Crippen molar-refractivity contribution in [2.24, 2.45) is 0 Å². The van der Waals surface area contributed by atoms with Crippen LogP contribution < -0.4 is 9.47 Å². The van der Waals surface area contributed by atoms with Crippen molar-refractivity contribution in [3.05, 3.63) is 23.3 Å². The Hall–Kier alpha value is -1.29. The number of ether oxygens (including phenoxy) is 2. The van der Waals surface area contributed by atoms with Crippen molar-refractivity contribution in [3.8, 4) is 11.5 Å². The molecular formula is C13H19FO3. The molecule has 0 heterocycles. The molecule has 0 atom stereocenters. The van der Waals surface area contributed by atoms with E-state index in [1.54, 1.807) is 12.1 Å². The zero-order valence-electron chi connectivity index (χ0n) is 10.7. The highest BCUT2D eigenvalue weighted by molar-refractivity contribution is 5.48. The largest absolute Gasteiger partial charge is 0.496 e. The van der Waals surface area contributed by atoms with Crippen LogP contribution in [0.15, 0.2) is 12.1 Å². The summed E-state index contributed by atoms with van der Waals surface area (Å²) in [6.45, 7) is 2.95. The molecule has 1 N–H and O–H groups in total. The number of benzene rings is 1. The Morgan fingerprint density at radius 1 is 1.18 bits per heavy atom. The van der Waals surface area contributed by atoms with E-state index in [0.29, 0.717) is 23.5 Å². The molecule has 96 valence electrons. The number of aliphatic hydroxyl groups excluding tert-OH is 1. The molecule has 0 bridgehead atoms. The Morgan fingerprint density at radius 2 is 1.76 bits per heavy atom. The first kappa shape index (κ1) is 13.8. The van der Waals surface area contributed by atoms with Crippen LogP contribution in [0.1, 0.15) is 25.0 Å². The quantitative estimate of drug-likeness (QED) is 0.862. The number of hydrogen-bond acceptors (Lipinski definition) is 3. The van der Waals surface area contributed by atoms with Gasteiger partial charge in [-0.15, -0.1) is 0 Å². The summed E-state index contributed by atoms with van der Waals surface area (Å²) < 4.78 is 24.4. The molecule has 3 nitrogen and oxygen atoms in total. The second-order valence-electron chi connectivity index (χ2n) is 4.31. The summed E-state index contributed by atoms with van der Waals surface area (Å²) >= 11 is 0. The van der Waals surface area contributed by atoms with Gasteiger partial charge in [0, 0.05) is 17.7 Å². The van der Waals surface area contributed by atoms with Gasteiger partial charge in [0.25, 0.3) is 0 Å². The number of alkyl halides is 1. The van der Waals surface area contributed by atoms with Crippen molar-refractivity contribution < 1.29 is 19.0 Å². The van der Waals surface area contributed by atoms with Crippen LogP contribution in [0, 0.1) is 0 Å². The lowest BCUT2D eigenvalue weighted by molar-refractivity contribution is 0.212. The molecule has 17 heavy (non-hydrogen) atoms. The van der Waals surface area contributed by atoms with E-state index in [4.69, 9.17) is 14.6 Å². The first-order chi connectivity index (χ1) is 7.93. The highest BCUT2D eigenvalue weighted by Crippen LogP contribution is 2.37. The number of hydrogen-bond donors (Lipinski definition) is 1. The average molecular weight is 242 g/mol. The molecule has 0 saturated heterocycles. The number of rotatable bonds is 5. The molecule has 0 fully saturated rings. The molecular weight excluding hydrogens is 223 g/mol. The Labute approximate surface area is 101 Å². The van der Waals surface area contributed by atoms with E-state index in [2.05, 4.69) is 0 Å². The minimum atomic E-state index is -1.50. The second-order valence-corrected chi connectivity index (χ2v) is 4.31. The van der Waals surface area contributed by atoms with Crippen LogP contribution in [0.4, 0.5) is 4.39 Å². The summed E-state index contributed by atoms with van der Waals surface area (Å²) in [7, 11) is 3.03. The predicted molar refractivity (Wildman–Crippen MR) is 64.5 cm³/mol. The van der Waals surface area contributed by atoms with Crippen LogP contribution in [-0.4, -0.2) is 25.9 Å². The maximum Gasteiger partial charge on any atom is 0.134 e. The third-order valence-electron chi connectivity index (χ3n) is 2.62. The van der Waals surface area contributed by atoms with Crippen molar-refractivity contribution in [2.45, 2.75) is 25.9 Å². The molecule has 0 unspecified atom stereocenters. The summed E-state index contributed by atoms with van der Waals surface area (Å²) in [6, 6.07) is 3.34. The minimum Gasteiger partial charge on any atom is -0.496 e. The molecule has 0 aliphatic heterocycles. The molecule has 0 aliphatic carbocycles. The van der Waals surface area contributed by atoms with Gasteiger partial charge in [0.15, 0.2) is 0 Å². The summed E-state index contributed by atoms with van der Waals surface area (Å²) in [5, 5.41) is 8.96. The molecule has 0 radical (unpaired) electrons. The zero-order chi connectivity index (χ0) is 13.1. The van der Waals surface area contributed by atoms with Gasteiger partial charge in [-0.25, -0.2) is 4.39 Å². The fourth-order valence-corrected chi connectivity index (χ4v) is 1.74. The Balaban J connectivity index is 3.33. The second kappa shape index (κ2) is 5.36. The smallest absolute Gasteiger partial charge is 0.134 e. The summed E-state index contributed by atoms with van der Waals surface area (Å²) in [4.78, 5) is 0. The maximum absolute atomic E-state index is 14.0. The summed E-state index contributed by atoms with van der Waals surface area (Å²) in [6.07, 6.45) is 0.451. The highest BCUT2D eigenvalue weighted by Gasteiger charge is 2.25. The monoisotopic (exact) mass is 242 g/mol. The van der Waals surface area contributed by atoms with Crippen molar-refractivity contribution in [3.63, 3.8) is 0 Å². The van der Waals surface area contributed by atoms with Crippen LogP contribution in [0.3, 0.4) is 0 Å². The lowest BCUT2D eigenvalue weighted by Gasteiger charge is -2.21. The van der Waals surface area contributed by atoms with E-state index in [9.17, 15) is 4.39 Å². The zero-order valence-corrected chi connectivity index (χ0v) is 10.7. The van der Waals surface area contributed by atoms with Crippen molar-refractivity contribution in [1.29, 1.82) is 0 Å². The molecule has 0 amide bonds. The average Bonchev–Trinajstić information content (AvgIpc) is 2.27. The van der Waals surface area contributed by atoms with Crippen LogP contribution in [0.25, 0.3) is 0 Å². The SMILES string of the molecule is COc1cc(C(C)(C)F)c(OC)cc1CCO. The predicted octanol–water partition coefficient (Wildman–Crippen LogP) is 2.44. The molecule has 1 rings (SSSR count).